The molecule has 2 bridgehead atoms. The Hall–Kier alpha value is -1.52. The van der Waals surface area contributed by atoms with Crippen LogP contribution in [0.5, 0.6) is 11.5 Å². The second kappa shape index (κ2) is 3.62. The first-order chi connectivity index (χ1) is 10.1. The standard InChI is InChI=1S/C17H19NO3/c1-18-7-6-17-10-3-5-13(20)16(17)21-15-12(19)4-2-9(14(15)17)8-11(10)18/h2-5,10-11,13,16,19-20H,6-8H2,1H3/p+1/t10-,11+,13-,16-,17-/m1/s1. The van der Waals surface area contributed by atoms with Crippen LogP contribution in [0.25, 0.3) is 0 Å². The first kappa shape index (κ1) is 12.1. The zero-order chi connectivity index (χ0) is 14.4. The van der Waals surface area contributed by atoms with Gasteiger partial charge in [-0.2, -0.15) is 0 Å². The summed E-state index contributed by atoms with van der Waals surface area (Å²) in [5.74, 6) is 1.24. The van der Waals surface area contributed by atoms with Crippen LogP contribution in [-0.4, -0.2) is 42.1 Å². The lowest BCUT2D eigenvalue weighted by molar-refractivity contribution is -0.917. The molecule has 6 atom stereocenters. The number of quaternary nitrogens is 1. The van der Waals surface area contributed by atoms with E-state index in [4.69, 9.17) is 4.74 Å². The number of rotatable bonds is 0. The first-order valence-corrected chi connectivity index (χ1v) is 7.83. The molecule has 110 valence electrons. The molecule has 0 radical (unpaired) electrons. The first-order valence-electron chi connectivity index (χ1n) is 7.83. The number of ether oxygens (including phenoxy) is 1. The Labute approximate surface area is 123 Å². The quantitative estimate of drug-likeness (QED) is 0.578. The molecule has 21 heavy (non-hydrogen) atoms. The van der Waals surface area contributed by atoms with Gasteiger partial charge in [0.1, 0.15) is 12.2 Å². The third-order valence-corrected chi connectivity index (χ3v) is 6.30. The minimum Gasteiger partial charge on any atom is -0.504 e. The van der Waals surface area contributed by atoms with Crippen molar-refractivity contribution in [1.29, 1.82) is 0 Å². The van der Waals surface area contributed by atoms with E-state index >= 15 is 0 Å². The molecule has 0 amide bonds. The molecule has 2 heterocycles. The molecular weight excluding hydrogens is 266 g/mol. The highest BCUT2D eigenvalue weighted by Crippen LogP contribution is 2.60. The lowest BCUT2D eigenvalue weighted by Gasteiger charge is -2.54. The molecule has 1 aromatic carbocycles. The van der Waals surface area contributed by atoms with E-state index in [1.54, 1.807) is 11.0 Å². The van der Waals surface area contributed by atoms with Crippen molar-refractivity contribution >= 4 is 0 Å². The fourth-order valence-corrected chi connectivity index (χ4v) is 5.38. The second-order valence-corrected chi connectivity index (χ2v) is 7.09. The van der Waals surface area contributed by atoms with Crippen LogP contribution in [0.1, 0.15) is 17.5 Å². The lowest BCUT2D eigenvalue weighted by Crippen LogP contribution is -3.16. The molecule has 1 saturated heterocycles. The summed E-state index contributed by atoms with van der Waals surface area (Å²) in [6.07, 6.45) is 5.31. The lowest BCUT2D eigenvalue weighted by atomic mass is 9.53. The van der Waals surface area contributed by atoms with Crippen LogP contribution in [0.4, 0.5) is 0 Å². The summed E-state index contributed by atoms with van der Waals surface area (Å²) in [6, 6.07) is 4.33. The number of likely N-dealkylation sites (tertiary alicyclic amines) is 1. The minimum atomic E-state index is -0.585. The molecular formula is C17H20NO3+. The molecule has 3 N–H and O–H groups in total. The maximum atomic E-state index is 10.4. The summed E-state index contributed by atoms with van der Waals surface area (Å²) in [7, 11) is 2.27. The Kier molecular flexibility index (Phi) is 2.08. The number of hydrogen-bond acceptors (Lipinski definition) is 3. The monoisotopic (exact) mass is 286 g/mol. The van der Waals surface area contributed by atoms with E-state index in [0.29, 0.717) is 17.7 Å². The SMILES string of the molecule is C[NH+]1CC[C@@]23c4c5ccc(O)c4O[C@@H]2[C@H](O)C=C[C@@H]3[C@@H]1C5. The zero-order valence-electron chi connectivity index (χ0n) is 12.0. The third kappa shape index (κ3) is 1.21. The number of aliphatic hydroxyl groups is 1. The topological polar surface area (TPSA) is 54.1 Å². The van der Waals surface area contributed by atoms with Gasteiger partial charge in [-0.15, -0.1) is 0 Å². The molecule has 1 unspecified atom stereocenters. The number of phenolic OH excluding ortho intramolecular Hbond substituents is 1. The van der Waals surface area contributed by atoms with E-state index < -0.39 is 6.10 Å². The van der Waals surface area contributed by atoms with Crippen molar-refractivity contribution in [2.24, 2.45) is 5.92 Å². The smallest absolute Gasteiger partial charge is 0.165 e. The van der Waals surface area contributed by atoms with Crippen LogP contribution >= 0.6 is 0 Å². The van der Waals surface area contributed by atoms with Crippen LogP contribution in [0, 0.1) is 5.92 Å². The predicted octanol–water partition coefficient (Wildman–Crippen LogP) is -0.219. The number of nitrogens with one attached hydrogen (secondary N) is 1. The summed E-state index contributed by atoms with van der Waals surface area (Å²) < 4.78 is 6.10. The number of aliphatic hydroxyl groups excluding tert-OH is 1. The summed E-state index contributed by atoms with van der Waals surface area (Å²) >= 11 is 0. The van der Waals surface area contributed by atoms with Crippen molar-refractivity contribution < 1.29 is 19.8 Å². The average Bonchev–Trinajstić information content (AvgIpc) is 2.83. The third-order valence-electron chi connectivity index (χ3n) is 6.30. The van der Waals surface area contributed by atoms with Gasteiger partial charge in [-0.25, -0.2) is 0 Å². The fraction of sp³-hybridized carbons (Fsp3) is 0.529. The summed E-state index contributed by atoms with van der Waals surface area (Å²) in [6.45, 7) is 1.09. The Morgan fingerprint density at radius 1 is 1.33 bits per heavy atom. The maximum absolute atomic E-state index is 10.4. The molecule has 1 fully saturated rings. The van der Waals surface area contributed by atoms with E-state index in [1.807, 2.05) is 12.1 Å². The largest absolute Gasteiger partial charge is 0.504 e. The van der Waals surface area contributed by atoms with Crippen molar-refractivity contribution in [3.05, 3.63) is 35.4 Å². The van der Waals surface area contributed by atoms with Gasteiger partial charge in [0.25, 0.3) is 0 Å². The van der Waals surface area contributed by atoms with Gasteiger partial charge in [-0.05, 0) is 11.6 Å². The van der Waals surface area contributed by atoms with Gasteiger partial charge < -0.3 is 19.8 Å². The average molecular weight is 286 g/mol. The predicted molar refractivity (Wildman–Crippen MR) is 76.7 cm³/mol. The Bertz CT molecular complexity index is 670. The van der Waals surface area contributed by atoms with Crippen LogP contribution in [0.15, 0.2) is 24.3 Å². The number of aromatic hydroxyl groups is 1. The maximum Gasteiger partial charge on any atom is 0.165 e. The second-order valence-electron chi connectivity index (χ2n) is 7.09. The van der Waals surface area contributed by atoms with Crippen LogP contribution < -0.4 is 9.64 Å². The van der Waals surface area contributed by atoms with Gasteiger partial charge in [0, 0.05) is 24.3 Å². The summed E-state index contributed by atoms with van der Waals surface area (Å²) in [5.41, 5.74) is 2.35. The molecule has 4 aliphatic rings. The van der Waals surface area contributed by atoms with E-state index in [1.165, 1.54) is 11.1 Å². The zero-order valence-corrected chi connectivity index (χ0v) is 12.0. The van der Waals surface area contributed by atoms with Gasteiger partial charge in [-0.3, -0.25) is 0 Å². The van der Waals surface area contributed by atoms with Crippen molar-refractivity contribution in [1.82, 2.24) is 0 Å². The van der Waals surface area contributed by atoms with E-state index in [9.17, 15) is 10.2 Å². The minimum absolute atomic E-state index is 0.139. The molecule has 5 rings (SSSR count). The van der Waals surface area contributed by atoms with Gasteiger partial charge in [-0.1, -0.05) is 18.2 Å². The molecule has 4 nitrogen and oxygen atoms in total. The number of piperidine rings is 1. The molecule has 2 aliphatic heterocycles. The van der Waals surface area contributed by atoms with Gasteiger partial charge in [0.2, 0.25) is 0 Å². The number of hydrogen-bond donors (Lipinski definition) is 3. The number of likely N-dealkylation sites (N-methyl/N-ethyl adjacent to an activating group) is 1. The molecule has 1 spiro atoms. The van der Waals surface area contributed by atoms with Gasteiger partial charge in [0.15, 0.2) is 11.5 Å². The van der Waals surface area contributed by atoms with Crippen LogP contribution in [0.2, 0.25) is 0 Å². The van der Waals surface area contributed by atoms with Gasteiger partial charge >= 0.3 is 0 Å². The van der Waals surface area contributed by atoms with Gasteiger partial charge in [0.05, 0.1) is 25.0 Å². The highest BCUT2D eigenvalue weighted by atomic mass is 16.5. The van der Waals surface area contributed by atoms with E-state index in [0.717, 1.165) is 19.4 Å². The molecule has 1 aromatic rings. The normalized spacial score (nSPS) is 45.1. The highest BCUT2D eigenvalue weighted by molar-refractivity contribution is 5.61. The Balaban J connectivity index is 1.84. The molecule has 0 saturated carbocycles. The summed E-state index contributed by atoms with van der Waals surface area (Å²) in [5, 5.41) is 20.7. The highest BCUT2D eigenvalue weighted by Gasteiger charge is 2.65. The number of phenols is 1. The molecule has 0 aromatic heterocycles. The molecule has 2 aliphatic carbocycles. The van der Waals surface area contributed by atoms with E-state index in [2.05, 4.69) is 13.1 Å². The van der Waals surface area contributed by atoms with Crippen molar-refractivity contribution in [2.75, 3.05) is 13.6 Å². The van der Waals surface area contributed by atoms with Crippen molar-refractivity contribution in [3.63, 3.8) is 0 Å². The number of benzene rings is 1. The fourth-order valence-electron chi connectivity index (χ4n) is 5.38. The van der Waals surface area contributed by atoms with Crippen molar-refractivity contribution in [3.8, 4) is 11.5 Å². The van der Waals surface area contributed by atoms with Crippen LogP contribution in [0.3, 0.4) is 0 Å². The van der Waals surface area contributed by atoms with Crippen LogP contribution in [-0.2, 0) is 11.8 Å². The Morgan fingerprint density at radius 3 is 3.05 bits per heavy atom. The Morgan fingerprint density at radius 2 is 2.19 bits per heavy atom. The summed E-state index contributed by atoms with van der Waals surface area (Å²) in [4.78, 5) is 1.57. The molecule has 4 heteroatoms. The van der Waals surface area contributed by atoms with Crippen molar-refractivity contribution in [2.45, 2.75) is 36.5 Å². The van der Waals surface area contributed by atoms with E-state index in [-0.39, 0.29) is 17.3 Å².